The van der Waals surface area contributed by atoms with Crippen LogP contribution < -0.4 is 0 Å². The van der Waals surface area contributed by atoms with Crippen LogP contribution in [0.5, 0.6) is 0 Å². The first kappa shape index (κ1) is 21.1. The molecule has 0 aliphatic rings. The molecule has 0 aliphatic heterocycles. The summed E-state index contributed by atoms with van der Waals surface area (Å²) in [5, 5.41) is 0. The molecule has 4 heteroatoms. The van der Waals surface area contributed by atoms with Crippen molar-refractivity contribution in [2.45, 2.75) is 48.1 Å². The number of para-hydroxylation sites is 2. The second kappa shape index (κ2) is 8.81. The quantitative estimate of drug-likeness (QED) is 0.536. The molecule has 0 saturated heterocycles. The third kappa shape index (κ3) is 4.87. The van der Waals surface area contributed by atoms with E-state index < -0.39 is 0 Å². The van der Waals surface area contributed by atoms with Crippen molar-refractivity contribution in [3.05, 3.63) is 53.6 Å². The summed E-state index contributed by atoms with van der Waals surface area (Å²) in [6.45, 7) is 14.7. The molecule has 2 aromatic carbocycles. The van der Waals surface area contributed by atoms with E-state index in [-0.39, 0.29) is 5.91 Å². The Kier molecular flexibility index (Phi) is 6.41. The topological polar surface area (TPSA) is 38.1 Å². The first-order valence-electron chi connectivity index (χ1n) is 10.6. The molecule has 0 unspecified atom stereocenters. The predicted molar refractivity (Wildman–Crippen MR) is 121 cm³/mol. The maximum Gasteiger partial charge on any atom is 0.242 e. The number of hydrogen-bond acceptors (Lipinski definition) is 2. The van der Waals surface area contributed by atoms with Gasteiger partial charge in [-0.2, -0.15) is 0 Å². The summed E-state index contributed by atoms with van der Waals surface area (Å²) in [7, 11) is 0. The molecule has 4 nitrogen and oxygen atoms in total. The summed E-state index contributed by atoms with van der Waals surface area (Å²) in [4.78, 5) is 20.2. The number of carbonyl (C=O) groups is 1. The Morgan fingerprint density at radius 1 is 1.00 bits per heavy atom. The van der Waals surface area contributed by atoms with E-state index in [0.29, 0.717) is 18.4 Å². The SMILES string of the molecule is Cc1ccc(-c2nc3ccccc3n2CC(=O)N(CC(C)C)CC(C)C)c(C)c1. The van der Waals surface area contributed by atoms with Crippen LogP contribution in [0.15, 0.2) is 42.5 Å². The molecule has 0 spiro atoms. The van der Waals surface area contributed by atoms with E-state index in [1.54, 1.807) is 0 Å². The third-order valence-corrected chi connectivity index (χ3v) is 5.09. The Morgan fingerprint density at radius 3 is 2.28 bits per heavy atom. The van der Waals surface area contributed by atoms with Crippen LogP contribution >= 0.6 is 0 Å². The van der Waals surface area contributed by atoms with Gasteiger partial charge in [-0.3, -0.25) is 4.79 Å². The van der Waals surface area contributed by atoms with E-state index in [9.17, 15) is 4.79 Å². The molecule has 0 atom stereocenters. The van der Waals surface area contributed by atoms with Crippen LogP contribution in [-0.4, -0.2) is 33.4 Å². The molecule has 1 heterocycles. The van der Waals surface area contributed by atoms with Crippen LogP contribution in [0.3, 0.4) is 0 Å². The van der Waals surface area contributed by atoms with Gasteiger partial charge in [0.1, 0.15) is 12.4 Å². The minimum absolute atomic E-state index is 0.154. The highest BCUT2D eigenvalue weighted by Gasteiger charge is 2.21. The average Bonchev–Trinajstić information content (AvgIpc) is 2.98. The number of rotatable bonds is 7. The van der Waals surface area contributed by atoms with Crippen LogP contribution in [-0.2, 0) is 11.3 Å². The number of nitrogens with zero attached hydrogens (tertiary/aromatic N) is 3. The summed E-state index contributed by atoms with van der Waals surface area (Å²) in [5.41, 5.74) is 5.42. The van der Waals surface area contributed by atoms with Gasteiger partial charge in [-0.25, -0.2) is 4.98 Å². The van der Waals surface area contributed by atoms with Crippen molar-refractivity contribution >= 4 is 16.9 Å². The molecular formula is C25H33N3O. The maximum atomic E-state index is 13.3. The van der Waals surface area contributed by atoms with Crippen LogP contribution in [0.2, 0.25) is 0 Å². The normalized spacial score (nSPS) is 11.6. The number of hydrogen-bond donors (Lipinski definition) is 0. The molecule has 1 aromatic heterocycles. The van der Waals surface area contributed by atoms with Gasteiger partial charge in [-0.15, -0.1) is 0 Å². The van der Waals surface area contributed by atoms with Gasteiger partial charge in [0, 0.05) is 18.7 Å². The first-order chi connectivity index (χ1) is 13.8. The second-order valence-corrected chi connectivity index (χ2v) is 8.92. The summed E-state index contributed by atoms with van der Waals surface area (Å²) in [6.07, 6.45) is 0. The molecule has 0 N–H and O–H groups in total. The maximum absolute atomic E-state index is 13.3. The lowest BCUT2D eigenvalue weighted by atomic mass is 10.1. The molecule has 0 fully saturated rings. The standard InChI is InChI=1S/C25H33N3O/c1-17(2)14-27(15-18(3)4)24(29)16-28-23-10-8-7-9-22(23)26-25(28)21-12-11-19(5)13-20(21)6/h7-13,17-18H,14-16H2,1-6H3. The number of carbonyl (C=O) groups excluding carboxylic acids is 1. The fraction of sp³-hybridized carbons (Fsp3) is 0.440. The van der Waals surface area contributed by atoms with Crippen molar-refractivity contribution < 1.29 is 4.79 Å². The molecule has 0 bridgehead atoms. The summed E-state index contributed by atoms with van der Waals surface area (Å²) in [5.74, 6) is 1.90. The van der Waals surface area contributed by atoms with Crippen molar-refractivity contribution in [2.75, 3.05) is 13.1 Å². The summed E-state index contributed by atoms with van der Waals surface area (Å²) >= 11 is 0. The highest BCUT2D eigenvalue weighted by molar-refractivity contribution is 5.85. The molecule has 0 aliphatic carbocycles. The Labute approximate surface area is 174 Å². The molecule has 154 valence electrons. The minimum Gasteiger partial charge on any atom is -0.341 e. The van der Waals surface area contributed by atoms with Crippen molar-refractivity contribution in [1.29, 1.82) is 0 Å². The van der Waals surface area contributed by atoms with Gasteiger partial charge in [-0.05, 0) is 43.4 Å². The Hall–Kier alpha value is -2.62. The fourth-order valence-electron chi connectivity index (χ4n) is 3.90. The van der Waals surface area contributed by atoms with E-state index in [4.69, 9.17) is 4.98 Å². The van der Waals surface area contributed by atoms with Gasteiger partial charge in [-0.1, -0.05) is 63.6 Å². The lowest BCUT2D eigenvalue weighted by molar-refractivity contribution is -0.132. The van der Waals surface area contributed by atoms with E-state index >= 15 is 0 Å². The Morgan fingerprint density at radius 2 is 1.66 bits per heavy atom. The zero-order valence-electron chi connectivity index (χ0n) is 18.6. The predicted octanol–water partition coefficient (Wildman–Crippen LogP) is 5.46. The average molecular weight is 392 g/mol. The van der Waals surface area contributed by atoms with E-state index in [1.807, 2.05) is 23.1 Å². The van der Waals surface area contributed by atoms with Gasteiger partial charge in [0.15, 0.2) is 0 Å². The number of imidazole rings is 1. The summed E-state index contributed by atoms with van der Waals surface area (Å²) < 4.78 is 2.09. The van der Waals surface area contributed by atoms with Gasteiger partial charge in [0.2, 0.25) is 5.91 Å². The van der Waals surface area contributed by atoms with Gasteiger partial charge < -0.3 is 9.47 Å². The van der Waals surface area contributed by atoms with E-state index in [2.05, 4.69) is 70.4 Å². The van der Waals surface area contributed by atoms with Crippen molar-refractivity contribution in [3.8, 4) is 11.4 Å². The van der Waals surface area contributed by atoms with Gasteiger partial charge >= 0.3 is 0 Å². The number of aryl methyl sites for hydroxylation is 2. The minimum atomic E-state index is 0.154. The zero-order valence-corrected chi connectivity index (χ0v) is 18.6. The Bertz CT molecular complexity index is 990. The second-order valence-electron chi connectivity index (χ2n) is 8.92. The van der Waals surface area contributed by atoms with Crippen LogP contribution in [0, 0.1) is 25.7 Å². The van der Waals surface area contributed by atoms with E-state index in [0.717, 1.165) is 35.5 Å². The van der Waals surface area contributed by atoms with Crippen LogP contribution in [0.25, 0.3) is 22.4 Å². The molecule has 0 radical (unpaired) electrons. The molecule has 3 aromatic rings. The molecule has 1 amide bonds. The summed E-state index contributed by atoms with van der Waals surface area (Å²) in [6, 6.07) is 14.5. The zero-order chi connectivity index (χ0) is 21.1. The molecular weight excluding hydrogens is 358 g/mol. The molecule has 3 rings (SSSR count). The number of amides is 1. The Balaban J connectivity index is 2.04. The van der Waals surface area contributed by atoms with Crippen molar-refractivity contribution in [3.63, 3.8) is 0 Å². The van der Waals surface area contributed by atoms with Crippen LogP contribution in [0.4, 0.5) is 0 Å². The van der Waals surface area contributed by atoms with E-state index in [1.165, 1.54) is 11.1 Å². The monoisotopic (exact) mass is 391 g/mol. The number of aromatic nitrogens is 2. The third-order valence-electron chi connectivity index (χ3n) is 5.09. The fourth-order valence-corrected chi connectivity index (χ4v) is 3.90. The van der Waals surface area contributed by atoms with Crippen LogP contribution in [0.1, 0.15) is 38.8 Å². The van der Waals surface area contributed by atoms with Gasteiger partial charge in [0.25, 0.3) is 0 Å². The number of fused-ring (bicyclic) bond motifs is 1. The highest BCUT2D eigenvalue weighted by Crippen LogP contribution is 2.28. The lowest BCUT2D eigenvalue weighted by Crippen LogP contribution is -2.39. The molecule has 0 saturated carbocycles. The molecule has 29 heavy (non-hydrogen) atoms. The van der Waals surface area contributed by atoms with Gasteiger partial charge in [0.05, 0.1) is 11.0 Å². The highest BCUT2D eigenvalue weighted by atomic mass is 16.2. The first-order valence-corrected chi connectivity index (χ1v) is 10.6. The smallest absolute Gasteiger partial charge is 0.242 e. The number of benzene rings is 2. The lowest BCUT2D eigenvalue weighted by Gasteiger charge is -2.27. The van der Waals surface area contributed by atoms with Crippen molar-refractivity contribution in [2.24, 2.45) is 11.8 Å². The van der Waals surface area contributed by atoms with Crippen molar-refractivity contribution in [1.82, 2.24) is 14.5 Å². The largest absolute Gasteiger partial charge is 0.341 e.